The molecular formula is C20H14ClN3O2S2. The molecule has 0 saturated carbocycles. The number of fused-ring (bicyclic) bond motifs is 1. The van der Waals surface area contributed by atoms with Crippen LogP contribution in [0.3, 0.4) is 0 Å². The summed E-state index contributed by atoms with van der Waals surface area (Å²) >= 11 is 12.8. The van der Waals surface area contributed by atoms with Crippen LogP contribution in [0.4, 0.5) is 5.69 Å². The fourth-order valence-corrected chi connectivity index (χ4v) is 3.60. The first-order valence-electron chi connectivity index (χ1n) is 8.32. The molecule has 0 spiro atoms. The summed E-state index contributed by atoms with van der Waals surface area (Å²) in [6.07, 6.45) is 0. The molecule has 0 fully saturated rings. The van der Waals surface area contributed by atoms with Gasteiger partial charge in [0.2, 0.25) is 5.89 Å². The van der Waals surface area contributed by atoms with Gasteiger partial charge in [-0.2, -0.15) is 0 Å². The topological polar surface area (TPSA) is 67.2 Å². The Hall–Kier alpha value is -2.74. The molecule has 0 saturated heterocycles. The SMILES string of the molecule is Cc1ccc(-c2nc3cc(NC(=S)NC(=O)c4cccs4)ccc3o2)cc1Cl. The summed E-state index contributed by atoms with van der Waals surface area (Å²) in [5.41, 5.74) is 3.81. The average Bonchev–Trinajstić information content (AvgIpc) is 3.33. The number of amides is 1. The molecule has 140 valence electrons. The largest absolute Gasteiger partial charge is 0.436 e. The summed E-state index contributed by atoms with van der Waals surface area (Å²) in [7, 11) is 0. The number of thiophene rings is 1. The number of aryl methyl sites for hydroxylation is 1. The maximum absolute atomic E-state index is 12.1. The lowest BCUT2D eigenvalue weighted by molar-refractivity contribution is 0.0981. The van der Waals surface area contributed by atoms with Crippen molar-refractivity contribution in [2.24, 2.45) is 0 Å². The van der Waals surface area contributed by atoms with Crippen molar-refractivity contribution in [2.45, 2.75) is 6.92 Å². The van der Waals surface area contributed by atoms with Gasteiger partial charge in [-0.3, -0.25) is 10.1 Å². The predicted molar refractivity (Wildman–Crippen MR) is 117 cm³/mol. The van der Waals surface area contributed by atoms with Gasteiger partial charge in [-0.1, -0.05) is 23.7 Å². The van der Waals surface area contributed by atoms with Gasteiger partial charge in [0.25, 0.3) is 5.91 Å². The lowest BCUT2D eigenvalue weighted by Gasteiger charge is -2.08. The van der Waals surface area contributed by atoms with Crippen molar-refractivity contribution >= 4 is 63.0 Å². The molecule has 0 aliphatic carbocycles. The van der Waals surface area contributed by atoms with Crippen LogP contribution < -0.4 is 10.6 Å². The van der Waals surface area contributed by atoms with E-state index in [2.05, 4.69) is 15.6 Å². The Bertz CT molecular complexity index is 1190. The van der Waals surface area contributed by atoms with Crippen LogP contribution in [0.1, 0.15) is 15.2 Å². The van der Waals surface area contributed by atoms with Gasteiger partial charge in [-0.15, -0.1) is 11.3 Å². The van der Waals surface area contributed by atoms with Gasteiger partial charge in [0.15, 0.2) is 10.7 Å². The highest BCUT2D eigenvalue weighted by Crippen LogP contribution is 2.29. The summed E-state index contributed by atoms with van der Waals surface area (Å²) in [6.45, 7) is 1.94. The number of nitrogens with one attached hydrogen (secondary N) is 2. The molecule has 2 aromatic heterocycles. The molecule has 0 bridgehead atoms. The Kier molecular flexibility index (Phi) is 5.13. The van der Waals surface area contributed by atoms with Crippen LogP contribution in [0.15, 0.2) is 58.3 Å². The number of rotatable bonds is 3. The number of thiocarbonyl (C=S) groups is 1. The van der Waals surface area contributed by atoms with E-state index in [0.717, 1.165) is 11.1 Å². The molecule has 0 aliphatic heterocycles. The van der Waals surface area contributed by atoms with Crippen LogP contribution in [0.5, 0.6) is 0 Å². The molecule has 0 unspecified atom stereocenters. The minimum Gasteiger partial charge on any atom is -0.436 e. The van der Waals surface area contributed by atoms with E-state index in [1.807, 2.05) is 48.7 Å². The molecule has 2 N–H and O–H groups in total. The highest BCUT2D eigenvalue weighted by molar-refractivity contribution is 7.80. The number of halogens is 1. The second kappa shape index (κ2) is 7.71. The molecule has 2 heterocycles. The van der Waals surface area contributed by atoms with E-state index in [-0.39, 0.29) is 11.0 Å². The lowest BCUT2D eigenvalue weighted by atomic mass is 10.1. The smallest absolute Gasteiger partial charge is 0.267 e. The van der Waals surface area contributed by atoms with Gasteiger partial charge < -0.3 is 9.73 Å². The Morgan fingerprint density at radius 1 is 1.21 bits per heavy atom. The third kappa shape index (κ3) is 3.91. The highest BCUT2D eigenvalue weighted by atomic mass is 35.5. The maximum atomic E-state index is 12.1. The molecule has 8 heteroatoms. The number of hydrogen-bond acceptors (Lipinski definition) is 5. The number of oxazole rings is 1. The number of aromatic nitrogens is 1. The number of hydrogen-bond donors (Lipinski definition) is 2. The van der Waals surface area contributed by atoms with Crippen molar-refractivity contribution in [3.8, 4) is 11.5 Å². The van der Waals surface area contributed by atoms with Crippen LogP contribution in [0.25, 0.3) is 22.6 Å². The van der Waals surface area contributed by atoms with E-state index in [0.29, 0.717) is 32.6 Å². The van der Waals surface area contributed by atoms with E-state index >= 15 is 0 Å². The zero-order valence-corrected chi connectivity index (χ0v) is 17.0. The van der Waals surface area contributed by atoms with E-state index in [1.165, 1.54) is 11.3 Å². The summed E-state index contributed by atoms with van der Waals surface area (Å²) in [5, 5.41) is 8.36. The van der Waals surface area contributed by atoms with Crippen molar-refractivity contribution in [3.63, 3.8) is 0 Å². The molecule has 4 aromatic rings. The Morgan fingerprint density at radius 3 is 2.82 bits per heavy atom. The number of carbonyl (C=O) groups excluding carboxylic acids is 1. The van der Waals surface area contributed by atoms with Crippen molar-refractivity contribution < 1.29 is 9.21 Å². The average molecular weight is 428 g/mol. The van der Waals surface area contributed by atoms with Crippen molar-refractivity contribution in [2.75, 3.05) is 5.32 Å². The summed E-state index contributed by atoms with van der Waals surface area (Å²) < 4.78 is 5.82. The van der Waals surface area contributed by atoms with Crippen LogP contribution in [-0.4, -0.2) is 16.0 Å². The fourth-order valence-electron chi connectivity index (χ4n) is 2.59. The van der Waals surface area contributed by atoms with Crippen molar-refractivity contribution in [3.05, 3.63) is 69.4 Å². The van der Waals surface area contributed by atoms with E-state index < -0.39 is 0 Å². The van der Waals surface area contributed by atoms with E-state index in [1.54, 1.807) is 12.1 Å². The van der Waals surface area contributed by atoms with Crippen molar-refractivity contribution in [1.29, 1.82) is 0 Å². The van der Waals surface area contributed by atoms with Crippen LogP contribution in [0, 0.1) is 6.92 Å². The monoisotopic (exact) mass is 427 g/mol. The maximum Gasteiger partial charge on any atom is 0.267 e. The predicted octanol–water partition coefficient (Wildman–Crippen LogP) is 5.64. The van der Waals surface area contributed by atoms with Gasteiger partial charge in [0.05, 0.1) is 4.88 Å². The Balaban J connectivity index is 1.52. The fraction of sp³-hybridized carbons (Fsp3) is 0.0500. The normalized spacial score (nSPS) is 10.8. The number of carbonyl (C=O) groups is 1. The standard InChI is InChI=1S/C20H14ClN3O2S2/c1-11-4-5-12(9-14(11)21)19-23-15-10-13(6-7-16(15)26-19)22-20(27)24-18(25)17-3-2-8-28-17/h2-10H,1H3,(H2,22,24,25,27). The summed E-state index contributed by atoms with van der Waals surface area (Å²) in [4.78, 5) is 17.2. The molecule has 0 atom stereocenters. The lowest BCUT2D eigenvalue weighted by Crippen LogP contribution is -2.33. The van der Waals surface area contributed by atoms with Gasteiger partial charge in [-0.05, 0) is 66.5 Å². The highest BCUT2D eigenvalue weighted by Gasteiger charge is 2.12. The number of nitrogens with zero attached hydrogens (tertiary/aromatic N) is 1. The second-order valence-corrected chi connectivity index (χ2v) is 7.81. The van der Waals surface area contributed by atoms with E-state index in [4.69, 9.17) is 28.2 Å². The Morgan fingerprint density at radius 2 is 2.07 bits per heavy atom. The van der Waals surface area contributed by atoms with Crippen LogP contribution in [0.2, 0.25) is 5.02 Å². The molecule has 0 radical (unpaired) electrons. The molecule has 28 heavy (non-hydrogen) atoms. The molecular weight excluding hydrogens is 414 g/mol. The zero-order chi connectivity index (χ0) is 19.7. The van der Waals surface area contributed by atoms with Gasteiger partial charge in [0.1, 0.15) is 5.52 Å². The molecule has 0 aliphatic rings. The molecule has 5 nitrogen and oxygen atoms in total. The van der Waals surface area contributed by atoms with Crippen LogP contribution in [-0.2, 0) is 0 Å². The van der Waals surface area contributed by atoms with Gasteiger partial charge in [-0.25, -0.2) is 4.98 Å². The first kappa shape index (κ1) is 18.6. The third-order valence-corrected chi connectivity index (χ3v) is 5.52. The number of benzene rings is 2. The zero-order valence-electron chi connectivity index (χ0n) is 14.7. The second-order valence-electron chi connectivity index (χ2n) is 6.05. The summed E-state index contributed by atoms with van der Waals surface area (Å²) in [6, 6.07) is 14.6. The van der Waals surface area contributed by atoms with E-state index in [9.17, 15) is 4.79 Å². The summed E-state index contributed by atoms with van der Waals surface area (Å²) in [5.74, 6) is 0.246. The third-order valence-electron chi connectivity index (χ3n) is 4.04. The Labute approximate surface area is 175 Å². The first-order valence-corrected chi connectivity index (χ1v) is 9.99. The van der Waals surface area contributed by atoms with Crippen molar-refractivity contribution in [1.82, 2.24) is 10.3 Å². The van der Waals surface area contributed by atoms with Gasteiger partial charge in [0, 0.05) is 16.3 Å². The first-order chi connectivity index (χ1) is 13.5. The van der Waals surface area contributed by atoms with Gasteiger partial charge >= 0.3 is 0 Å². The molecule has 4 rings (SSSR count). The minimum atomic E-state index is -0.242. The molecule has 1 amide bonds. The quantitative estimate of drug-likeness (QED) is 0.414. The number of anilines is 1. The molecule has 2 aromatic carbocycles. The minimum absolute atomic E-state index is 0.215. The van der Waals surface area contributed by atoms with Crippen LogP contribution >= 0.6 is 35.2 Å².